The molecule has 0 aliphatic carbocycles. The van der Waals surface area contributed by atoms with Crippen molar-refractivity contribution in [2.45, 2.75) is 33.2 Å². The van der Waals surface area contributed by atoms with Gasteiger partial charge in [-0.25, -0.2) is 0 Å². The third kappa shape index (κ3) is 5.78. The SMILES string of the molecule is CCOC(=O)C[C@@H](NC(=O)c1c(C)cccc1[N+](=O)[O-])c1ccc(OCC)cc1. The summed E-state index contributed by atoms with van der Waals surface area (Å²) in [5, 5.41) is 14.1. The Morgan fingerprint density at radius 2 is 1.79 bits per heavy atom. The van der Waals surface area contributed by atoms with E-state index in [1.165, 1.54) is 12.1 Å². The van der Waals surface area contributed by atoms with Crippen LogP contribution in [0.25, 0.3) is 0 Å². The highest BCUT2D eigenvalue weighted by Gasteiger charge is 2.26. The maximum absolute atomic E-state index is 12.9. The fraction of sp³-hybridized carbons (Fsp3) is 0.333. The Kier molecular flexibility index (Phi) is 7.70. The van der Waals surface area contributed by atoms with Gasteiger partial charge in [0, 0.05) is 6.07 Å². The van der Waals surface area contributed by atoms with Crippen LogP contribution in [0.4, 0.5) is 5.69 Å². The van der Waals surface area contributed by atoms with Crippen molar-refractivity contribution in [3.05, 3.63) is 69.3 Å². The molecule has 1 N–H and O–H groups in total. The topological polar surface area (TPSA) is 108 Å². The summed E-state index contributed by atoms with van der Waals surface area (Å²) in [4.78, 5) is 35.7. The first kappa shape index (κ1) is 21.9. The molecule has 29 heavy (non-hydrogen) atoms. The number of amides is 1. The number of nitro benzene ring substituents is 1. The number of ether oxygens (including phenoxy) is 2. The Morgan fingerprint density at radius 3 is 2.38 bits per heavy atom. The summed E-state index contributed by atoms with van der Waals surface area (Å²) in [5.74, 6) is -0.448. The quantitative estimate of drug-likeness (QED) is 0.390. The highest BCUT2D eigenvalue weighted by molar-refractivity contribution is 6.00. The van der Waals surface area contributed by atoms with Crippen LogP contribution in [-0.4, -0.2) is 30.0 Å². The smallest absolute Gasteiger partial charge is 0.308 e. The van der Waals surface area contributed by atoms with Gasteiger partial charge in [0.05, 0.1) is 30.6 Å². The largest absolute Gasteiger partial charge is 0.494 e. The number of aryl methyl sites for hydroxylation is 1. The molecule has 8 heteroatoms. The molecule has 1 atom stereocenters. The van der Waals surface area contributed by atoms with E-state index in [0.29, 0.717) is 23.5 Å². The molecule has 0 bridgehead atoms. The summed E-state index contributed by atoms with van der Waals surface area (Å²) < 4.78 is 10.4. The van der Waals surface area contributed by atoms with Crippen LogP contribution in [-0.2, 0) is 9.53 Å². The van der Waals surface area contributed by atoms with E-state index in [2.05, 4.69) is 5.32 Å². The van der Waals surface area contributed by atoms with Crippen LogP contribution >= 0.6 is 0 Å². The minimum absolute atomic E-state index is 0.0303. The average molecular weight is 400 g/mol. The zero-order chi connectivity index (χ0) is 21.4. The molecular formula is C21H24N2O6. The maximum Gasteiger partial charge on any atom is 0.308 e. The van der Waals surface area contributed by atoms with E-state index in [0.717, 1.165) is 0 Å². The Balaban J connectivity index is 2.33. The number of esters is 1. The Hall–Kier alpha value is -3.42. The fourth-order valence-corrected chi connectivity index (χ4v) is 2.93. The van der Waals surface area contributed by atoms with Crippen LogP contribution < -0.4 is 10.1 Å². The number of rotatable bonds is 9. The molecule has 2 aromatic carbocycles. The third-order valence-electron chi connectivity index (χ3n) is 4.25. The second kappa shape index (κ2) is 10.2. The molecule has 154 valence electrons. The predicted octanol–water partition coefficient (Wildman–Crippen LogP) is 3.73. The van der Waals surface area contributed by atoms with Crippen LogP contribution in [0.5, 0.6) is 5.75 Å². The molecule has 0 saturated carbocycles. The highest BCUT2D eigenvalue weighted by atomic mass is 16.6. The van der Waals surface area contributed by atoms with Crippen molar-refractivity contribution in [1.29, 1.82) is 0 Å². The lowest BCUT2D eigenvalue weighted by molar-refractivity contribution is -0.385. The lowest BCUT2D eigenvalue weighted by Crippen LogP contribution is -2.31. The van der Waals surface area contributed by atoms with E-state index in [1.54, 1.807) is 44.2 Å². The van der Waals surface area contributed by atoms with E-state index in [-0.39, 0.29) is 24.3 Å². The number of hydrogen-bond acceptors (Lipinski definition) is 6. The molecule has 0 aliphatic heterocycles. The number of carbonyl (C=O) groups excluding carboxylic acids is 2. The van der Waals surface area contributed by atoms with Crippen molar-refractivity contribution in [1.82, 2.24) is 5.32 Å². The van der Waals surface area contributed by atoms with Crippen molar-refractivity contribution in [2.75, 3.05) is 13.2 Å². The summed E-state index contributed by atoms with van der Waals surface area (Å²) in [5.41, 5.74) is 0.811. The first-order valence-electron chi connectivity index (χ1n) is 9.30. The standard InChI is InChI=1S/C21H24N2O6/c1-4-28-16-11-9-15(10-12-16)17(13-19(24)29-5-2)22-21(25)20-14(3)7-6-8-18(20)23(26)27/h6-12,17H,4-5,13H2,1-3H3,(H,22,25)/t17-/m1/s1. The summed E-state index contributed by atoms with van der Waals surface area (Å²) in [6.45, 7) is 5.91. The molecule has 0 fully saturated rings. The van der Waals surface area contributed by atoms with Gasteiger partial charge in [-0.3, -0.25) is 19.7 Å². The van der Waals surface area contributed by atoms with Crippen molar-refractivity contribution < 1.29 is 24.0 Å². The number of hydrogen-bond donors (Lipinski definition) is 1. The van der Waals surface area contributed by atoms with Gasteiger partial charge >= 0.3 is 5.97 Å². The van der Waals surface area contributed by atoms with Crippen LogP contribution in [0.3, 0.4) is 0 Å². The van der Waals surface area contributed by atoms with Crippen LogP contribution in [0.2, 0.25) is 0 Å². The van der Waals surface area contributed by atoms with Gasteiger partial charge in [-0.15, -0.1) is 0 Å². The minimum Gasteiger partial charge on any atom is -0.494 e. The van der Waals surface area contributed by atoms with Gasteiger partial charge in [0.25, 0.3) is 11.6 Å². The molecule has 0 aliphatic rings. The van der Waals surface area contributed by atoms with Gasteiger partial charge in [-0.1, -0.05) is 24.3 Å². The zero-order valence-corrected chi connectivity index (χ0v) is 16.6. The molecule has 0 radical (unpaired) electrons. The molecule has 0 saturated heterocycles. The minimum atomic E-state index is -0.712. The molecule has 0 unspecified atom stereocenters. The van der Waals surface area contributed by atoms with Crippen LogP contribution in [0.1, 0.15) is 47.8 Å². The second-order valence-electron chi connectivity index (χ2n) is 6.26. The number of nitrogens with one attached hydrogen (secondary N) is 1. The first-order chi connectivity index (χ1) is 13.9. The van der Waals surface area contributed by atoms with Gasteiger partial charge in [0.1, 0.15) is 11.3 Å². The molecule has 0 heterocycles. The van der Waals surface area contributed by atoms with Crippen molar-refractivity contribution in [3.8, 4) is 5.75 Å². The highest BCUT2D eigenvalue weighted by Crippen LogP contribution is 2.25. The van der Waals surface area contributed by atoms with Crippen molar-refractivity contribution in [3.63, 3.8) is 0 Å². The van der Waals surface area contributed by atoms with E-state index in [4.69, 9.17) is 9.47 Å². The van der Waals surface area contributed by atoms with E-state index in [1.807, 2.05) is 6.92 Å². The summed E-state index contributed by atoms with van der Waals surface area (Å²) in [6, 6.07) is 10.7. The van der Waals surface area contributed by atoms with Gasteiger partial charge in [0.15, 0.2) is 0 Å². The maximum atomic E-state index is 12.9. The number of nitrogens with zero attached hydrogens (tertiary/aromatic N) is 1. The second-order valence-corrected chi connectivity index (χ2v) is 6.26. The number of benzene rings is 2. The molecule has 0 spiro atoms. The van der Waals surface area contributed by atoms with E-state index >= 15 is 0 Å². The third-order valence-corrected chi connectivity index (χ3v) is 4.25. The van der Waals surface area contributed by atoms with Gasteiger partial charge in [-0.05, 0) is 44.0 Å². The number of nitro groups is 1. The molecule has 2 aromatic rings. The predicted molar refractivity (Wildman–Crippen MR) is 107 cm³/mol. The molecule has 1 amide bonds. The van der Waals surface area contributed by atoms with Crippen LogP contribution in [0, 0.1) is 17.0 Å². The normalized spacial score (nSPS) is 11.4. The van der Waals surface area contributed by atoms with Gasteiger partial charge in [-0.2, -0.15) is 0 Å². The fourth-order valence-electron chi connectivity index (χ4n) is 2.93. The summed E-state index contributed by atoms with van der Waals surface area (Å²) in [6.07, 6.45) is -0.104. The zero-order valence-electron chi connectivity index (χ0n) is 16.6. The van der Waals surface area contributed by atoms with Crippen molar-refractivity contribution in [2.24, 2.45) is 0 Å². The summed E-state index contributed by atoms with van der Waals surface area (Å²) in [7, 11) is 0. The lowest BCUT2D eigenvalue weighted by Gasteiger charge is -2.19. The average Bonchev–Trinajstić information content (AvgIpc) is 2.68. The molecular weight excluding hydrogens is 376 g/mol. The summed E-state index contributed by atoms with van der Waals surface area (Å²) >= 11 is 0. The van der Waals surface area contributed by atoms with E-state index in [9.17, 15) is 19.7 Å². The van der Waals surface area contributed by atoms with Gasteiger partial charge < -0.3 is 14.8 Å². The Labute approximate surface area is 169 Å². The monoisotopic (exact) mass is 400 g/mol. The number of carbonyl (C=O) groups is 2. The van der Waals surface area contributed by atoms with Crippen molar-refractivity contribution >= 4 is 17.6 Å². The Morgan fingerprint density at radius 1 is 1.10 bits per heavy atom. The first-order valence-corrected chi connectivity index (χ1v) is 9.30. The molecule has 2 rings (SSSR count). The van der Waals surface area contributed by atoms with Crippen LogP contribution in [0.15, 0.2) is 42.5 Å². The molecule has 8 nitrogen and oxygen atoms in total. The lowest BCUT2D eigenvalue weighted by atomic mass is 10.0. The van der Waals surface area contributed by atoms with E-state index < -0.39 is 22.8 Å². The molecule has 0 aromatic heterocycles. The van der Waals surface area contributed by atoms with Gasteiger partial charge in [0.2, 0.25) is 0 Å². The Bertz CT molecular complexity index is 879.